The van der Waals surface area contributed by atoms with E-state index in [1.54, 1.807) is 6.20 Å². The lowest BCUT2D eigenvalue weighted by atomic mass is 9.53. The van der Waals surface area contributed by atoms with Crippen LogP contribution in [0.15, 0.2) is 41.4 Å². The van der Waals surface area contributed by atoms with Gasteiger partial charge in [0.1, 0.15) is 12.0 Å². The fourth-order valence-electron chi connectivity index (χ4n) is 6.29. The Balaban J connectivity index is 1.26. The SMILES string of the molecule is O=C1NC(NC23CC4CC(CC(C4)C2)C3)=N/C1=C\c1ccc2ncncc2c1. The second-order valence-corrected chi connectivity index (χ2v) is 9.11. The highest BCUT2D eigenvalue weighted by Crippen LogP contribution is 2.55. The number of aliphatic imine (C=N–C) groups is 1. The molecule has 4 fully saturated rings. The summed E-state index contributed by atoms with van der Waals surface area (Å²) in [5.74, 6) is 3.04. The highest BCUT2D eigenvalue weighted by molar-refractivity contribution is 6.14. The Bertz CT molecular complexity index is 1000. The van der Waals surface area contributed by atoms with E-state index in [0.29, 0.717) is 11.7 Å². The Kier molecular flexibility index (Phi) is 3.40. The standard InChI is InChI=1S/C22H23N5O/c28-20-19(7-13-1-2-18-17(6-13)11-23-12-24-18)25-21(26-20)27-22-8-14-3-15(9-22)5-16(4-14)10-22/h1-2,6-7,11-12,14-16H,3-5,8-10H2,(H2,25,26,27,28)/b19-7-. The predicted octanol–water partition coefficient (Wildman–Crippen LogP) is 3.01. The summed E-state index contributed by atoms with van der Waals surface area (Å²) in [6.45, 7) is 0. The van der Waals surface area contributed by atoms with Crippen LogP contribution in [-0.2, 0) is 4.79 Å². The molecule has 4 bridgehead atoms. The fourth-order valence-corrected chi connectivity index (χ4v) is 6.29. The summed E-state index contributed by atoms with van der Waals surface area (Å²) in [4.78, 5) is 25.4. The second-order valence-electron chi connectivity index (χ2n) is 9.11. The molecule has 4 saturated carbocycles. The minimum Gasteiger partial charge on any atom is -0.350 e. The molecule has 4 aliphatic carbocycles. The molecule has 1 aliphatic heterocycles. The molecule has 0 unspecified atom stereocenters. The van der Waals surface area contributed by atoms with Crippen molar-refractivity contribution in [3.05, 3.63) is 42.0 Å². The first-order chi connectivity index (χ1) is 13.6. The molecule has 2 N–H and O–H groups in total. The van der Waals surface area contributed by atoms with Crippen molar-refractivity contribution in [3.63, 3.8) is 0 Å². The number of benzene rings is 1. The number of nitrogens with zero attached hydrogens (tertiary/aromatic N) is 3. The molecule has 7 rings (SSSR count). The van der Waals surface area contributed by atoms with E-state index in [2.05, 4.69) is 25.6 Å². The van der Waals surface area contributed by atoms with E-state index in [9.17, 15) is 4.79 Å². The summed E-state index contributed by atoms with van der Waals surface area (Å²) in [6.07, 6.45) is 13.0. The summed E-state index contributed by atoms with van der Waals surface area (Å²) >= 11 is 0. The van der Waals surface area contributed by atoms with Crippen LogP contribution in [0.1, 0.15) is 44.1 Å². The smallest absolute Gasteiger partial charge is 0.276 e. The van der Waals surface area contributed by atoms with Gasteiger partial charge in [-0.05, 0) is 80.1 Å². The minimum atomic E-state index is -0.142. The van der Waals surface area contributed by atoms with Gasteiger partial charge in [-0.3, -0.25) is 10.1 Å². The van der Waals surface area contributed by atoms with E-state index in [-0.39, 0.29) is 11.4 Å². The Labute approximate surface area is 163 Å². The lowest BCUT2D eigenvalue weighted by Gasteiger charge is -2.57. The van der Waals surface area contributed by atoms with Crippen molar-refractivity contribution in [1.82, 2.24) is 20.6 Å². The van der Waals surface area contributed by atoms with Gasteiger partial charge >= 0.3 is 0 Å². The predicted molar refractivity (Wildman–Crippen MR) is 107 cm³/mol. The highest BCUT2D eigenvalue weighted by atomic mass is 16.2. The summed E-state index contributed by atoms with van der Waals surface area (Å²) in [6, 6.07) is 5.87. The van der Waals surface area contributed by atoms with Gasteiger partial charge < -0.3 is 5.32 Å². The normalized spacial score (nSPS) is 34.7. The summed E-state index contributed by atoms with van der Waals surface area (Å²) in [5, 5.41) is 7.55. The molecule has 6 heteroatoms. The highest BCUT2D eigenvalue weighted by Gasteiger charge is 2.51. The van der Waals surface area contributed by atoms with E-state index >= 15 is 0 Å². The molecule has 2 aromatic rings. The molecular weight excluding hydrogens is 350 g/mol. The summed E-state index contributed by atoms with van der Waals surface area (Å²) < 4.78 is 0. The van der Waals surface area contributed by atoms with Crippen molar-refractivity contribution >= 4 is 28.8 Å². The van der Waals surface area contributed by atoms with Crippen molar-refractivity contribution in [2.75, 3.05) is 0 Å². The number of hydrogen-bond donors (Lipinski definition) is 2. The molecule has 0 spiro atoms. The second kappa shape index (κ2) is 5.87. The van der Waals surface area contributed by atoms with Gasteiger partial charge in [0, 0.05) is 17.1 Å². The Morgan fingerprint density at radius 1 is 1.11 bits per heavy atom. The molecule has 5 aliphatic rings. The monoisotopic (exact) mass is 373 g/mol. The maximum Gasteiger partial charge on any atom is 0.276 e. The molecule has 2 heterocycles. The average Bonchev–Trinajstić information content (AvgIpc) is 2.98. The van der Waals surface area contributed by atoms with E-state index in [1.807, 2.05) is 24.3 Å². The number of guanidine groups is 1. The maximum atomic E-state index is 12.5. The van der Waals surface area contributed by atoms with Crippen LogP contribution < -0.4 is 10.6 Å². The minimum absolute atomic E-state index is 0.136. The van der Waals surface area contributed by atoms with Crippen LogP contribution in [0.3, 0.4) is 0 Å². The lowest BCUT2D eigenvalue weighted by molar-refractivity contribution is -0.115. The third-order valence-corrected chi connectivity index (χ3v) is 6.95. The molecule has 142 valence electrons. The number of aromatic nitrogens is 2. The number of rotatable bonds is 2. The van der Waals surface area contributed by atoms with Gasteiger partial charge in [0.25, 0.3) is 5.91 Å². The van der Waals surface area contributed by atoms with E-state index in [1.165, 1.54) is 44.9 Å². The Hall–Kier alpha value is -2.76. The number of amides is 1. The molecule has 1 aromatic heterocycles. The van der Waals surface area contributed by atoms with Crippen LogP contribution in [0.2, 0.25) is 0 Å². The topological polar surface area (TPSA) is 79.3 Å². The van der Waals surface area contributed by atoms with Gasteiger partial charge in [0.05, 0.1) is 5.52 Å². The van der Waals surface area contributed by atoms with Crippen LogP contribution in [0.5, 0.6) is 0 Å². The summed E-state index contributed by atoms with van der Waals surface area (Å²) in [7, 11) is 0. The van der Waals surface area contributed by atoms with Crippen molar-refractivity contribution in [3.8, 4) is 0 Å². The molecule has 0 radical (unpaired) electrons. The lowest BCUT2D eigenvalue weighted by Crippen LogP contribution is -2.61. The maximum absolute atomic E-state index is 12.5. The first kappa shape index (κ1) is 16.2. The number of carbonyl (C=O) groups is 1. The largest absolute Gasteiger partial charge is 0.350 e. The van der Waals surface area contributed by atoms with Crippen LogP contribution >= 0.6 is 0 Å². The fraction of sp³-hybridized carbons (Fsp3) is 0.455. The third kappa shape index (κ3) is 2.70. The van der Waals surface area contributed by atoms with Gasteiger partial charge in [0.2, 0.25) is 5.96 Å². The number of fused-ring (bicyclic) bond motifs is 1. The number of carbonyl (C=O) groups excluding carboxylic acids is 1. The van der Waals surface area contributed by atoms with Crippen LogP contribution in [0.25, 0.3) is 17.0 Å². The quantitative estimate of drug-likeness (QED) is 0.793. The molecule has 0 saturated heterocycles. The van der Waals surface area contributed by atoms with Gasteiger partial charge in [-0.1, -0.05) is 6.07 Å². The Morgan fingerprint density at radius 3 is 2.61 bits per heavy atom. The molecule has 1 amide bonds. The van der Waals surface area contributed by atoms with Crippen molar-refractivity contribution in [2.45, 2.75) is 44.1 Å². The molecule has 28 heavy (non-hydrogen) atoms. The van der Waals surface area contributed by atoms with Crippen LogP contribution in [0.4, 0.5) is 0 Å². The zero-order valence-corrected chi connectivity index (χ0v) is 15.7. The molecule has 0 atom stereocenters. The molecule has 1 aromatic carbocycles. The Morgan fingerprint density at radius 2 is 1.86 bits per heavy atom. The van der Waals surface area contributed by atoms with Crippen molar-refractivity contribution in [1.29, 1.82) is 0 Å². The van der Waals surface area contributed by atoms with Crippen LogP contribution in [0, 0.1) is 17.8 Å². The molecule has 6 nitrogen and oxygen atoms in total. The van der Waals surface area contributed by atoms with E-state index in [4.69, 9.17) is 0 Å². The van der Waals surface area contributed by atoms with Crippen molar-refractivity contribution in [2.24, 2.45) is 22.7 Å². The number of hydrogen-bond acceptors (Lipinski definition) is 5. The van der Waals surface area contributed by atoms with Gasteiger partial charge in [0.15, 0.2) is 0 Å². The van der Waals surface area contributed by atoms with E-state index in [0.717, 1.165) is 34.2 Å². The first-order valence-electron chi connectivity index (χ1n) is 10.2. The number of nitrogens with one attached hydrogen (secondary N) is 2. The zero-order chi connectivity index (χ0) is 18.7. The van der Waals surface area contributed by atoms with Gasteiger partial charge in [-0.2, -0.15) is 0 Å². The van der Waals surface area contributed by atoms with Crippen LogP contribution in [-0.4, -0.2) is 27.4 Å². The van der Waals surface area contributed by atoms with Crippen molar-refractivity contribution < 1.29 is 4.79 Å². The summed E-state index contributed by atoms with van der Waals surface area (Å²) in [5.41, 5.74) is 2.40. The molecular formula is C22H23N5O. The third-order valence-electron chi connectivity index (χ3n) is 6.95. The zero-order valence-electron chi connectivity index (χ0n) is 15.7. The van der Waals surface area contributed by atoms with Gasteiger partial charge in [-0.15, -0.1) is 0 Å². The van der Waals surface area contributed by atoms with E-state index < -0.39 is 0 Å². The van der Waals surface area contributed by atoms with Gasteiger partial charge in [-0.25, -0.2) is 15.0 Å². The average molecular weight is 373 g/mol. The first-order valence-corrected chi connectivity index (χ1v) is 10.2.